The molecule has 0 bridgehead atoms. The van der Waals surface area contributed by atoms with Crippen molar-refractivity contribution < 1.29 is 18.7 Å². The van der Waals surface area contributed by atoms with Crippen LogP contribution < -0.4 is 5.32 Å². The van der Waals surface area contributed by atoms with E-state index in [1.807, 2.05) is 0 Å². The lowest BCUT2D eigenvalue weighted by Gasteiger charge is -2.26. The van der Waals surface area contributed by atoms with Gasteiger partial charge in [-0.1, -0.05) is 6.07 Å². The second kappa shape index (κ2) is 8.14. The number of anilines is 1. The first-order valence-corrected chi connectivity index (χ1v) is 8.21. The van der Waals surface area contributed by atoms with Crippen LogP contribution >= 0.6 is 11.8 Å². The standard InChI is InChI=1S/C15H19FN2O3S/c1-11-2-3-13(12(16)8-11)17-14(19)9-22-10-15(20)18-4-6-21-7-5-18/h2-3,8H,4-7,9-10H2,1H3,(H,17,19). The molecule has 1 aromatic carbocycles. The number of thioether (sulfide) groups is 1. The molecule has 0 saturated carbocycles. The lowest BCUT2D eigenvalue weighted by molar-refractivity contribution is -0.132. The Balaban J connectivity index is 1.72. The van der Waals surface area contributed by atoms with E-state index in [2.05, 4.69) is 5.32 Å². The quantitative estimate of drug-likeness (QED) is 0.894. The molecule has 1 saturated heterocycles. The van der Waals surface area contributed by atoms with Crippen LogP contribution in [0.15, 0.2) is 18.2 Å². The van der Waals surface area contributed by atoms with E-state index in [-0.39, 0.29) is 29.0 Å². The van der Waals surface area contributed by atoms with E-state index in [9.17, 15) is 14.0 Å². The summed E-state index contributed by atoms with van der Waals surface area (Å²) in [6.07, 6.45) is 0. The number of nitrogens with zero attached hydrogens (tertiary/aromatic N) is 1. The molecule has 1 aliphatic rings. The molecule has 1 aromatic rings. The highest BCUT2D eigenvalue weighted by Crippen LogP contribution is 2.15. The number of amides is 2. The summed E-state index contributed by atoms with van der Waals surface area (Å²) >= 11 is 1.22. The zero-order chi connectivity index (χ0) is 15.9. The van der Waals surface area contributed by atoms with Crippen molar-refractivity contribution in [3.8, 4) is 0 Å². The predicted octanol–water partition coefficient (Wildman–Crippen LogP) is 1.66. The van der Waals surface area contributed by atoms with Gasteiger partial charge in [0.15, 0.2) is 0 Å². The number of hydrogen-bond acceptors (Lipinski definition) is 4. The summed E-state index contributed by atoms with van der Waals surface area (Å²) in [7, 11) is 0. The van der Waals surface area contributed by atoms with E-state index in [0.29, 0.717) is 26.3 Å². The fourth-order valence-electron chi connectivity index (χ4n) is 2.04. The van der Waals surface area contributed by atoms with Crippen LogP contribution in [0, 0.1) is 12.7 Å². The lowest BCUT2D eigenvalue weighted by Crippen LogP contribution is -2.41. The van der Waals surface area contributed by atoms with Crippen LogP contribution in [0.2, 0.25) is 0 Å². The minimum absolute atomic E-state index is 0.00242. The van der Waals surface area contributed by atoms with Gasteiger partial charge in [0, 0.05) is 13.1 Å². The van der Waals surface area contributed by atoms with Crippen molar-refractivity contribution in [1.29, 1.82) is 0 Å². The first kappa shape index (κ1) is 16.8. The molecule has 0 atom stereocenters. The largest absolute Gasteiger partial charge is 0.378 e. The first-order chi connectivity index (χ1) is 10.6. The van der Waals surface area contributed by atoms with Crippen molar-refractivity contribution >= 4 is 29.3 Å². The number of ether oxygens (including phenoxy) is 1. The van der Waals surface area contributed by atoms with Gasteiger partial charge < -0.3 is 15.0 Å². The fourth-order valence-corrected chi connectivity index (χ4v) is 2.76. The number of halogens is 1. The van der Waals surface area contributed by atoms with Crippen molar-refractivity contribution in [1.82, 2.24) is 4.90 Å². The second-order valence-electron chi connectivity index (χ2n) is 5.02. The van der Waals surface area contributed by atoms with E-state index >= 15 is 0 Å². The zero-order valence-electron chi connectivity index (χ0n) is 12.4. The highest BCUT2D eigenvalue weighted by Gasteiger charge is 2.17. The van der Waals surface area contributed by atoms with Gasteiger partial charge in [-0.25, -0.2) is 4.39 Å². The van der Waals surface area contributed by atoms with Crippen molar-refractivity contribution in [2.75, 3.05) is 43.1 Å². The number of morpholine rings is 1. The summed E-state index contributed by atoms with van der Waals surface area (Å²) in [4.78, 5) is 25.4. The zero-order valence-corrected chi connectivity index (χ0v) is 13.2. The molecule has 2 amide bonds. The van der Waals surface area contributed by atoms with Crippen molar-refractivity contribution in [2.45, 2.75) is 6.92 Å². The van der Waals surface area contributed by atoms with Crippen molar-refractivity contribution in [3.05, 3.63) is 29.6 Å². The molecule has 1 aliphatic heterocycles. The van der Waals surface area contributed by atoms with Gasteiger partial charge >= 0.3 is 0 Å². The normalized spacial score (nSPS) is 14.7. The summed E-state index contributed by atoms with van der Waals surface area (Å²) < 4.78 is 18.8. The monoisotopic (exact) mass is 326 g/mol. The van der Waals surface area contributed by atoms with E-state index < -0.39 is 5.82 Å². The van der Waals surface area contributed by atoms with Gasteiger partial charge in [0.1, 0.15) is 5.82 Å². The minimum atomic E-state index is -0.456. The van der Waals surface area contributed by atoms with E-state index in [0.717, 1.165) is 5.56 Å². The summed E-state index contributed by atoms with van der Waals surface area (Å²) in [6, 6.07) is 4.63. The van der Waals surface area contributed by atoms with Gasteiger partial charge in [0.25, 0.3) is 0 Å². The van der Waals surface area contributed by atoms with Gasteiger partial charge in [0.05, 0.1) is 30.4 Å². The molecule has 0 unspecified atom stereocenters. The molecular weight excluding hydrogens is 307 g/mol. The molecule has 1 heterocycles. The smallest absolute Gasteiger partial charge is 0.234 e. The molecule has 22 heavy (non-hydrogen) atoms. The highest BCUT2D eigenvalue weighted by molar-refractivity contribution is 8.00. The predicted molar refractivity (Wildman–Crippen MR) is 84.5 cm³/mol. The van der Waals surface area contributed by atoms with Crippen LogP contribution in [0.1, 0.15) is 5.56 Å². The molecule has 1 fully saturated rings. The van der Waals surface area contributed by atoms with Crippen LogP contribution in [-0.4, -0.2) is 54.5 Å². The van der Waals surface area contributed by atoms with Crippen LogP contribution in [-0.2, 0) is 14.3 Å². The molecule has 7 heteroatoms. The Labute approximate surface area is 133 Å². The maximum atomic E-state index is 13.6. The third kappa shape index (κ3) is 4.99. The maximum Gasteiger partial charge on any atom is 0.234 e. The second-order valence-corrected chi connectivity index (χ2v) is 6.00. The first-order valence-electron chi connectivity index (χ1n) is 7.05. The third-order valence-corrected chi connectivity index (χ3v) is 4.14. The maximum absolute atomic E-state index is 13.6. The summed E-state index contributed by atoms with van der Waals surface area (Å²) in [5.41, 5.74) is 0.955. The molecule has 5 nitrogen and oxygen atoms in total. The minimum Gasteiger partial charge on any atom is -0.378 e. The Bertz CT molecular complexity index is 548. The fraction of sp³-hybridized carbons (Fsp3) is 0.467. The Morgan fingerprint density at radius 2 is 2.05 bits per heavy atom. The van der Waals surface area contributed by atoms with Crippen LogP contribution in [0.3, 0.4) is 0 Å². The summed E-state index contributed by atoms with van der Waals surface area (Å²) in [5, 5.41) is 2.51. The van der Waals surface area contributed by atoms with Gasteiger partial charge in [-0.05, 0) is 24.6 Å². The number of aryl methyl sites for hydroxylation is 1. The molecular formula is C15H19FN2O3S. The topological polar surface area (TPSA) is 58.6 Å². The van der Waals surface area contributed by atoms with Crippen LogP contribution in [0.5, 0.6) is 0 Å². The number of carbonyl (C=O) groups excluding carboxylic acids is 2. The van der Waals surface area contributed by atoms with Gasteiger partial charge in [-0.2, -0.15) is 0 Å². The van der Waals surface area contributed by atoms with Gasteiger partial charge in [-0.3, -0.25) is 9.59 Å². The Morgan fingerprint density at radius 3 is 2.73 bits per heavy atom. The molecule has 1 N–H and O–H groups in total. The van der Waals surface area contributed by atoms with E-state index in [1.165, 1.54) is 23.9 Å². The Morgan fingerprint density at radius 1 is 1.32 bits per heavy atom. The van der Waals surface area contributed by atoms with Crippen LogP contribution in [0.25, 0.3) is 0 Å². The Hall–Kier alpha value is -1.60. The Kier molecular flexibility index (Phi) is 6.21. The molecule has 120 valence electrons. The SMILES string of the molecule is Cc1ccc(NC(=O)CSCC(=O)N2CCOCC2)c(F)c1. The molecule has 0 radical (unpaired) electrons. The molecule has 0 aromatic heterocycles. The number of benzene rings is 1. The number of nitrogens with one attached hydrogen (secondary N) is 1. The average Bonchev–Trinajstić information content (AvgIpc) is 2.51. The average molecular weight is 326 g/mol. The molecule has 0 aliphatic carbocycles. The summed E-state index contributed by atoms with van der Waals surface area (Å²) in [6.45, 7) is 4.09. The number of carbonyl (C=O) groups is 2. The lowest BCUT2D eigenvalue weighted by atomic mass is 10.2. The summed E-state index contributed by atoms with van der Waals surface area (Å²) in [5.74, 6) is -0.416. The molecule has 2 rings (SSSR count). The van der Waals surface area contributed by atoms with Gasteiger partial charge in [0.2, 0.25) is 11.8 Å². The number of hydrogen-bond donors (Lipinski definition) is 1. The molecule has 0 spiro atoms. The van der Waals surface area contributed by atoms with E-state index in [4.69, 9.17) is 4.74 Å². The van der Waals surface area contributed by atoms with E-state index in [1.54, 1.807) is 17.9 Å². The highest BCUT2D eigenvalue weighted by atomic mass is 32.2. The van der Waals surface area contributed by atoms with Crippen molar-refractivity contribution in [2.24, 2.45) is 0 Å². The van der Waals surface area contributed by atoms with Crippen LogP contribution in [0.4, 0.5) is 10.1 Å². The van der Waals surface area contributed by atoms with Gasteiger partial charge in [-0.15, -0.1) is 11.8 Å². The third-order valence-electron chi connectivity index (χ3n) is 3.22. The number of rotatable bonds is 5. The van der Waals surface area contributed by atoms with Crippen molar-refractivity contribution in [3.63, 3.8) is 0 Å².